The van der Waals surface area contributed by atoms with Crippen molar-refractivity contribution >= 4 is 17.6 Å². The summed E-state index contributed by atoms with van der Waals surface area (Å²) in [6.07, 6.45) is 2.62. The third kappa shape index (κ3) is 6.92. The van der Waals surface area contributed by atoms with E-state index in [2.05, 4.69) is 12.2 Å². The fourth-order valence-corrected chi connectivity index (χ4v) is 4.79. The van der Waals surface area contributed by atoms with E-state index in [1.807, 2.05) is 61.5 Å². The Kier molecular flexibility index (Phi) is 8.36. The third-order valence-electron chi connectivity index (χ3n) is 6.98. The molecule has 1 N–H and O–H groups in total. The smallest absolute Gasteiger partial charge is 0.322 e. The van der Waals surface area contributed by atoms with E-state index >= 15 is 0 Å². The molecule has 1 fully saturated rings. The first-order valence-electron chi connectivity index (χ1n) is 13.4. The zero-order valence-electron chi connectivity index (χ0n) is 22.5. The highest BCUT2D eigenvalue weighted by atomic mass is 16.7. The molecule has 2 aliphatic rings. The van der Waals surface area contributed by atoms with Crippen molar-refractivity contribution in [2.75, 3.05) is 31.8 Å². The summed E-state index contributed by atoms with van der Waals surface area (Å²) >= 11 is 0. The predicted molar refractivity (Wildman–Crippen MR) is 146 cm³/mol. The molecule has 39 heavy (non-hydrogen) atoms. The number of fused-ring (bicyclic) bond motifs is 1. The zero-order valence-corrected chi connectivity index (χ0v) is 22.5. The number of carbonyl (C=O) groups is 2. The minimum Gasteiger partial charge on any atom is -0.464 e. The molecule has 1 unspecified atom stereocenters. The number of rotatable bonds is 10. The van der Waals surface area contributed by atoms with Gasteiger partial charge in [-0.15, -0.1) is 0 Å². The molecule has 0 bridgehead atoms. The number of hydrogen-bond donors (Lipinski definition) is 1. The molecule has 3 heterocycles. The van der Waals surface area contributed by atoms with Crippen LogP contribution in [-0.2, 0) is 29.0 Å². The number of ether oxygens (including phenoxy) is 3. The summed E-state index contributed by atoms with van der Waals surface area (Å²) in [6.45, 7) is 5.64. The molecule has 1 saturated heterocycles. The second-order valence-corrected chi connectivity index (χ2v) is 9.95. The van der Waals surface area contributed by atoms with Crippen LogP contribution in [0.4, 0.5) is 10.5 Å². The molecule has 0 radical (unpaired) electrons. The molecule has 206 valence electrons. The first kappa shape index (κ1) is 26.6. The summed E-state index contributed by atoms with van der Waals surface area (Å²) in [7, 11) is 0. The first-order valence-corrected chi connectivity index (χ1v) is 13.4. The molecule has 0 saturated carbocycles. The van der Waals surface area contributed by atoms with Crippen LogP contribution in [0.5, 0.6) is 11.5 Å². The van der Waals surface area contributed by atoms with E-state index in [1.165, 1.54) is 5.56 Å². The lowest BCUT2D eigenvalue weighted by molar-refractivity contribution is -0.133. The van der Waals surface area contributed by atoms with Crippen LogP contribution >= 0.6 is 0 Å². The number of urea groups is 1. The van der Waals surface area contributed by atoms with Crippen molar-refractivity contribution in [2.45, 2.75) is 52.3 Å². The number of amides is 3. The van der Waals surface area contributed by atoms with Gasteiger partial charge >= 0.3 is 6.03 Å². The topological polar surface area (TPSA) is 93.5 Å². The maximum absolute atomic E-state index is 13.8. The average Bonchev–Trinajstić information content (AvgIpc) is 3.71. The molecule has 9 nitrogen and oxygen atoms in total. The van der Waals surface area contributed by atoms with Crippen molar-refractivity contribution in [1.29, 1.82) is 0 Å². The number of nitrogens with zero attached hydrogens (tertiary/aromatic N) is 2. The van der Waals surface area contributed by atoms with Crippen molar-refractivity contribution in [2.24, 2.45) is 0 Å². The third-order valence-corrected chi connectivity index (χ3v) is 6.98. The van der Waals surface area contributed by atoms with Gasteiger partial charge in [-0.2, -0.15) is 0 Å². The summed E-state index contributed by atoms with van der Waals surface area (Å²) in [5, 5.41) is 2.95. The van der Waals surface area contributed by atoms with Gasteiger partial charge in [-0.1, -0.05) is 25.1 Å². The van der Waals surface area contributed by atoms with E-state index in [0.29, 0.717) is 42.6 Å². The van der Waals surface area contributed by atoms with Crippen molar-refractivity contribution < 1.29 is 28.2 Å². The van der Waals surface area contributed by atoms with Crippen LogP contribution in [0.15, 0.2) is 59.0 Å². The second kappa shape index (κ2) is 12.3. The van der Waals surface area contributed by atoms with Crippen LogP contribution < -0.4 is 14.8 Å². The molecular formula is C30H35N3O6. The first-order chi connectivity index (χ1) is 19.0. The summed E-state index contributed by atoms with van der Waals surface area (Å²) < 4.78 is 22.5. The maximum Gasteiger partial charge on any atom is 0.322 e. The Labute approximate surface area is 228 Å². The number of furan rings is 1. The van der Waals surface area contributed by atoms with E-state index in [0.717, 1.165) is 30.6 Å². The van der Waals surface area contributed by atoms with Crippen LogP contribution in [0.2, 0.25) is 0 Å². The molecule has 2 aromatic carbocycles. The molecular weight excluding hydrogens is 498 g/mol. The van der Waals surface area contributed by atoms with Gasteiger partial charge in [0.1, 0.15) is 18.1 Å². The largest absolute Gasteiger partial charge is 0.464 e. The number of hydrogen-bond acceptors (Lipinski definition) is 6. The molecule has 1 atom stereocenters. The maximum atomic E-state index is 13.8. The Balaban J connectivity index is 1.33. The molecule has 2 aliphatic heterocycles. The number of nitrogens with one attached hydrogen (secondary N) is 1. The molecule has 9 heteroatoms. The number of aryl methyl sites for hydroxylation is 2. The summed E-state index contributed by atoms with van der Waals surface area (Å²) in [6, 6.07) is 16.8. The second-order valence-electron chi connectivity index (χ2n) is 9.95. The van der Waals surface area contributed by atoms with Crippen LogP contribution in [-0.4, -0.2) is 54.3 Å². The van der Waals surface area contributed by atoms with E-state index in [4.69, 9.17) is 18.6 Å². The fraction of sp³-hybridized carbons (Fsp3) is 0.400. The molecule has 3 amide bonds. The Morgan fingerprint density at radius 2 is 1.74 bits per heavy atom. The van der Waals surface area contributed by atoms with Crippen LogP contribution in [0.3, 0.4) is 0 Å². The lowest BCUT2D eigenvalue weighted by Crippen LogP contribution is -2.46. The van der Waals surface area contributed by atoms with Crippen molar-refractivity contribution in [3.8, 4) is 11.5 Å². The minimum absolute atomic E-state index is 0.0943. The van der Waals surface area contributed by atoms with Crippen molar-refractivity contribution in [1.82, 2.24) is 9.80 Å². The number of anilines is 1. The average molecular weight is 534 g/mol. The van der Waals surface area contributed by atoms with Gasteiger partial charge < -0.3 is 33.7 Å². The minimum atomic E-state index is -0.333. The van der Waals surface area contributed by atoms with Crippen LogP contribution in [0, 0.1) is 6.92 Å². The van der Waals surface area contributed by atoms with E-state index < -0.39 is 0 Å². The van der Waals surface area contributed by atoms with Crippen molar-refractivity contribution in [3.63, 3.8) is 0 Å². The van der Waals surface area contributed by atoms with Crippen LogP contribution in [0.1, 0.15) is 42.4 Å². The SMILES string of the molecule is CCc1ccc(NC(=O)N(CC(=O)N(Cc2ccc3c(c2)OCO3)Cc2ccc(C)o2)CC2CCCO2)cc1. The molecule has 1 aromatic heterocycles. The fourth-order valence-electron chi connectivity index (χ4n) is 4.79. The van der Waals surface area contributed by atoms with Gasteiger partial charge in [0.25, 0.3) is 0 Å². The quantitative estimate of drug-likeness (QED) is 0.389. The van der Waals surface area contributed by atoms with Gasteiger partial charge in [0.05, 0.1) is 12.6 Å². The van der Waals surface area contributed by atoms with Gasteiger partial charge in [0, 0.05) is 25.4 Å². The van der Waals surface area contributed by atoms with Gasteiger partial charge in [0.15, 0.2) is 11.5 Å². The van der Waals surface area contributed by atoms with Crippen LogP contribution in [0.25, 0.3) is 0 Å². The Morgan fingerprint density at radius 3 is 2.46 bits per heavy atom. The molecule has 5 rings (SSSR count). The monoisotopic (exact) mass is 533 g/mol. The van der Waals surface area contributed by atoms with Gasteiger partial charge in [-0.05, 0) is 73.7 Å². The normalized spacial score (nSPS) is 15.8. The summed E-state index contributed by atoms with van der Waals surface area (Å²) in [4.78, 5) is 30.4. The Bertz CT molecular complexity index is 1280. The van der Waals surface area contributed by atoms with E-state index in [-0.39, 0.29) is 37.9 Å². The van der Waals surface area contributed by atoms with E-state index in [9.17, 15) is 9.59 Å². The number of carbonyl (C=O) groups excluding carboxylic acids is 2. The Hall–Kier alpha value is -3.98. The van der Waals surface area contributed by atoms with Gasteiger partial charge in [-0.25, -0.2) is 4.79 Å². The van der Waals surface area contributed by atoms with Gasteiger partial charge in [-0.3, -0.25) is 4.79 Å². The number of benzene rings is 2. The highest BCUT2D eigenvalue weighted by Crippen LogP contribution is 2.33. The van der Waals surface area contributed by atoms with Crippen molar-refractivity contribution in [3.05, 3.63) is 77.2 Å². The highest BCUT2D eigenvalue weighted by Gasteiger charge is 2.27. The molecule has 3 aromatic rings. The standard InChI is InChI=1S/C30H35N3O6/c1-3-22-7-10-24(11-8-22)31-30(35)33(17-25-5-4-14-36-25)19-29(34)32(18-26-12-6-21(2)39-26)16-23-9-13-27-28(15-23)38-20-37-27/h6-13,15,25H,3-5,14,16-20H2,1-2H3,(H,31,35). The summed E-state index contributed by atoms with van der Waals surface area (Å²) in [5.41, 5.74) is 2.76. The predicted octanol–water partition coefficient (Wildman–Crippen LogP) is 5.12. The lowest BCUT2D eigenvalue weighted by Gasteiger charge is -2.29. The zero-order chi connectivity index (χ0) is 27.2. The van der Waals surface area contributed by atoms with E-state index in [1.54, 1.807) is 9.80 Å². The van der Waals surface area contributed by atoms with Gasteiger partial charge in [0.2, 0.25) is 12.7 Å². The summed E-state index contributed by atoms with van der Waals surface area (Å²) in [5.74, 6) is 2.59. The Morgan fingerprint density at radius 1 is 0.949 bits per heavy atom. The highest BCUT2D eigenvalue weighted by molar-refractivity contribution is 5.92. The molecule has 0 spiro atoms. The molecule has 0 aliphatic carbocycles. The lowest BCUT2D eigenvalue weighted by atomic mass is 10.1.